The number of hydrogen-bond acceptors (Lipinski definition) is 4. The van der Waals surface area contributed by atoms with Crippen molar-refractivity contribution in [3.63, 3.8) is 0 Å². The Bertz CT molecular complexity index is 693. The summed E-state index contributed by atoms with van der Waals surface area (Å²) in [6, 6.07) is 6.23. The molecule has 0 radical (unpaired) electrons. The van der Waals surface area contributed by atoms with Gasteiger partial charge in [0.1, 0.15) is 5.75 Å². The second-order valence-corrected chi connectivity index (χ2v) is 7.87. The summed E-state index contributed by atoms with van der Waals surface area (Å²) in [6.45, 7) is 6.49. The molecule has 6 heteroatoms. The minimum Gasteiger partial charge on any atom is -0.508 e. The summed E-state index contributed by atoms with van der Waals surface area (Å²) in [5.74, 6) is 0.388. The number of rotatable bonds is 5. The number of phenolic OH excluding ortho intramolecular Hbond substituents is 1. The fourth-order valence-corrected chi connectivity index (χ4v) is 4.24. The van der Waals surface area contributed by atoms with Crippen molar-refractivity contribution in [3.05, 3.63) is 42.5 Å². The Labute approximate surface area is 160 Å². The molecule has 2 aliphatic heterocycles. The lowest BCUT2D eigenvalue weighted by atomic mass is 9.72. The predicted molar refractivity (Wildman–Crippen MR) is 104 cm³/mol. The Morgan fingerprint density at radius 2 is 1.93 bits per heavy atom. The first kappa shape index (κ1) is 19.4. The molecule has 146 valence electrons. The van der Waals surface area contributed by atoms with Crippen molar-refractivity contribution in [3.8, 4) is 5.75 Å². The molecule has 2 heterocycles. The van der Waals surface area contributed by atoms with Crippen LogP contribution >= 0.6 is 0 Å². The number of phenols is 1. The molecule has 2 aliphatic rings. The van der Waals surface area contributed by atoms with Crippen LogP contribution in [0.1, 0.15) is 31.2 Å². The third-order valence-corrected chi connectivity index (χ3v) is 5.94. The van der Waals surface area contributed by atoms with Crippen molar-refractivity contribution in [2.45, 2.75) is 38.1 Å². The Morgan fingerprint density at radius 1 is 1.26 bits per heavy atom. The first-order chi connectivity index (χ1) is 12.9. The van der Waals surface area contributed by atoms with E-state index in [1.807, 2.05) is 9.80 Å². The standard InChI is InChI=1S/C21H29N3O3/c1-2-11-24-15-21(8-7-19(24)26)9-12-23(13-10-21)20(27)18(22)14-16-3-5-17(25)6-4-16/h2-6,18,25H,1,7-15,22H2/t18-/m0/s1. The zero-order valence-electron chi connectivity index (χ0n) is 15.8. The SMILES string of the molecule is C=CCN1CC2(CCC1=O)CCN(C(=O)[C@@H](N)Cc1ccc(O)cc1)CC2. The van der Waals surface area contributed by atoms with Crippen LogP contribution in [0.2, 0.25) is 0 Å². The largest absolute Gasteiger partial charge is 0.508 e. The number of benzene rings is 1. The predicted octanol–water partition coefficient (Wildman–Crippen LogP) is 1.68. The molecule has 0 aliphatic carbocycles. The minimum atomic E-state index is -0.575. The van der Waals surface area contributed by atoms with Crippen LogP contribution in [0.4, 0.5) is 0 Å². The second kappa shape index (κ2) is 8.13. The average molecular weight is 371 g/mol. The van der Waals surface area contributed by atoms with Crippen molar-refractivity contribution < 1.29 is 14.7 Å². The lowest BCUT2D eigenvalue weighted by Gasteiger charge is -2.47. The van der Waals surface area contributed by atoms with Gasteiger partial charge >= 0.3 is 0 Å². The van der Waals surface area contributed by atoms with E-state index in [-0.39, 0.29) is 23.0 Å². The lowest BCUT2D eigenvalue weighted by molar-refractivity contribution is -0.142. The van der Waals surface area contributed by atoms with Gasteiger partial charge in [-0.05, 0) is 48.8 Å². The minimum absolute atomic E-state index is 0.0206. The Morgan fingerprint density at radius 3 is 2.56 bits per heavy atom. The van der Waals surface area contributed by atoms with Crippen LogP contribution in [0.15, 0.2) is 36.9 Å². The zero-order chi connectivity index (χ0) is 19.4. The molecule has 2 saturated heterocycles. The molecule has 27 heavy (non-hydrogen) atoms. The van der Waals surface area contributed by atoms with Gasteiger partial charge in [0.15, 0.2) is 0 Å². The molecule has 0 saturated carbocycles. The summed E-state index contributed by atoms with van der Waals surface area (Å²) >= 11 is 0. The highest BCUT2D eigenvalue weighted by atomic mass is 16.3. The number of nitrogens with zero attached hydrogens (tertiary/aromatic N) is 2. The van der Waals surface area contributed by atoms with Gasteiger partial charge in [-0.3, -0.25) is 9.59 Å². The Kier molecular flexibility index (Phi) is 5.85. The molecular weight excluding hydrogens is 342 g/mol. The van der Waals surface area contributed by atoms with Gasteiger partial charge in [0.25, 0.3) is 0 Å². The number of carbonyl (C=O) groups is 2. The fourth-order valence-electron chi connectivity index (χ4n) is 4.24. The summed E-state index contributed by atoms with van der Waals surface area (Å²) in [5.41, 5.74) is 7.21. The van der Waals surface area contributed by atoms with E-state index in [0.29, 0.717) is 32.5 Å². The highest BCUT2D eigenvalue weighted by Gasteiger charge is 2.41. The van der Waals surface area contributed by atoms with Crippen molar-refractivity contribution in [1.29, 1.82) is 0 Å². The first-order valence-electron chi connectivity index (χ1n) is 9.63. The Hall–Kier alpha value is -2.34. The molecule has 1 aromatic rings. The van der Waals surface area contributed by atoms with Gasteiger partial charge in [0.05, 0.1) is 6.04 Å². The van der Waals surface area contributed by atoms with Gasteiger partial charge in [0.2, 0.25) is 11.8 Å². The number of likely N-dealkylation sites (tertiary alicyclic amines) is 2. The molecule has 0 bridgehead atoms. The zero-order valence-corrected chi connectivity index (χ0v) is 15.8. The number of hydrogen-bond donors (Lipinski definition) is 2. The summed E-state index contributed by atoms with van der Waals surface area (Å²) in [4.78, 5) is 28.5. The lowest BCUT2D eigenvalue weighted by Crippen LogP contribution is -2.54. The summed E-state index contributed by atoms with van der Waals surface area (Å²) in [6.07, 6.45) is 5.54. The molecule has 1 spiro atoms. The fraction of sp³-hybridized carbons (Fsp3) is 0.524. The van der Waals surface area contributed by atoms with Gasteiger partial charge in [-0.15, -0.1) is 6.58 Å². The van der Waals surface area contributed by atoms with E-state index in [2.05, 4.69) is 6.58 Å². The number of carbonyl (C=O) groups excluding carboxylic acids is 2. The van der Waals surface area contributed by atoms with Crippen molar-refractivity contribution in [1.82, 2.24) is 9.80 Å². The van der Waals surface area contributed by atoms with Crippen LogP contribution in [0, 0.1) is 5.41 Å². The molecule has 2 fully saturated rings. The van der Waals surface area contributed by atoms with Gasteiger partial charge in [-0.25, -0.2) is 0 Å². The molecule has 3 rings (SSSR count). The summed E-state index contributed by atoms with van der Waals surface area (Å²) < 4.78 is 0. The van der Waals surface area contributed by atoms with Gasteiger partial charge in [-0.1, -0.05) is 18.2 Å². The molecule has 3 N–H and O–H groups in total. The van der Waals surface area contributed by atoms with E-state index in [1.54, 1.807) is 30.3 Å². The van der Waals surface area contributed by atoms with Crippen molar-refractivity contribution >= 4 is 11.8 Å². The average Bonchev–Trinajstić information content (AvgIpc) is 2.67. The monoisotopic (exact) mass is 371 g/mol. The molecule has 6 nitrogen and oxygen atoms in total. The molecule has 0 aromatic heterocycles. The van der Waals surface area contributed by atoms with E-state index < -0.39 is 6.04 Å². The molecular formula is C21H29N3O3. The highest BCUT2D eigenvalue weighted by Crippen LogP contribution is 2.40. The van der Waals surface area contributed by atoms with E-state index in [1.165, 1.54) is 0 Å². The Balaban J connectivity index is 1.55. The second-order valence-electron chi connectivity index (χ2n) is 7.87. The van der Waals surface area contributed by atoms with Crippen LogP contribution in [0.5, 0.6) is 5.75 Å². The van der Waals surface area contributed by atoms with Crippen LogP contribution in [-0.4, -0.2) is 58.9 Å². The molecule has 0 unspecified atom stereocenters. The van der Waals surface area contributed by atoms with E-state index in [9.17, 15) is 14.7 Å². The maximum Gasteiger partial charge on any atom is 0.239 e. The van der Waals surface area contributed by atoms with Crippen LogP contribution < -0.4 is 5.73 Å². The number of nitrogens with two attached hydrogens (primary N) is 1. The van der Waals surface area contributed by atoms with Crippen molar-refractivity contribution in [2.75, 3.05) is 26.2 Å². The maximum atomic E-state index is 12.7. The number of piperidine rings is 2. The highest BCUT2D eigenvalue weighted by molar-refractivity contribution is 5.82. The molecule has 1 aromatic carbocycles. The smallest absolute Gasteiger partial charge is 0.239 e. The van der Waals surface area contributed by atoms with Crippen LogP contribution in [-0.2, 0) is 16.0 Å². The van der Waals surface area contributed by atoms with E-state index in [4.69, 9.17) is 5.73 Å². The van der Waals surface area contributed by atoms with Gasteiger partial charge < -0.3 is 20.6 Å². The summed E-state index contributed by atoms with van der Waals surface area (Å²) in [5, 5.41) is 9.36. The number of aromatic hydroxyl groups is 1. The first-order valence-corrected chi connectivity index (χ1v) is 9.63. The quantitative estimate of drug-likeness (QED) is 0.771. The van der Waals surface area contributed by atoms with E-state index in [0.717, 1.165) is 31.4 Å². The van der Waals surface area contributed by atoms with E-state index >= 15 is 0 Å². The van der Waals surface area contributed by atoms with Gasteiger partial charge in [0, 0.05) is 32.6 Å². The number of amides is 2. The maximum absolute atomic E-state index is 12.7. The summed E-state index contributed by atoms with van der Waals surface area (Å²) in [7, 11) is 0. The van der Waals surface area contributed by atoms with Crippen molar-refractivity contribution in [2.24, 2.45) is 11.1 Å². The third-order valence-electron chi connectivity index (χ3n) is 5.94. The third kappa shape index (κ3) is 4.50. The van der Waals surface area contributed by atoms with Crippen LogP contribution in [0.25, 0.3) is 0 Å². The molecule has 1 atom stereocenters. The topological polar surface area (TPSA) is 86.9 Å². The van der Waals surface area contributed by atoms with Gasteiger partial charge in [-0.2, -0.15) is 0 Å². The normalized spacial score (nSPS) is 20.6. The molecule has 2 amide bonds. The van der Waals surface area contributed by atoms with Crippen LogP contribution in [0.3, 0.4) is 0 Å².